The van der Waals surface area contributed by atoms with Gasteiger partial charge >= 0.3 is 5.97 Å². The first-order chi connectivity index (χ1) is 12.0. The lowest BCUT2D eigenvalue weighted by Gasteiger charge is -2.22. The average molecular weight is 347 g/mol. The van der Waals surface area contributed by atoms with Gasteiger partial charge in [0.25, 0.3) is 5.91 Å². The van der Waals surface area contributed by atoms with E-state index >= 15 is 0 Å². The fraction of sp³-hybridized carbons (Fsp3) is 0.353. The van der Waals surface area contributed by atoms with E-state index in [2.05, 4.69) is 4.99 Å². The molecule has 0 aliphatic carbocycles. The normalized spacial score (nSPS) is 15.6. The van der Waals surface area contributed by atoms with Crippen LogP contribution in [0.5, 0.6) is 0 Å². The standard InChI is InChI=1S/C17H21N3O5/c1-12-18-15(17(25)20(12)11-16(23)24)10-13-2-4-14(5-3-13)19(6-8-21)7-9-22/h2-5,10,21-22H,6-9,11H2,1H3,(H,23,24)/b15-10+. The number of benzene rings is 1. The van der Waals surface area contributed by atoms with Crippen molar-refractivity contribution in [3.63, 3.8) is 0 Å². The van der Waals surface area contributed by atoms with Crippen LogP contribution in [0.25, 0.3) is 6.08 Å². The van der Waals surface area contributed by atoms with Crippen molar-refractivity contribution in [3.8, 4) is 0 Å². The summed E-state index contributed by atoms with van der Waals surface area (Å²) in [4.78, 5) is 30.1. The maximum atomic E-state index is 12.2. The van der Waals surface area contributed by atoms with Crippen molar-refractivity contribution in [3.05, 3.63) is 35.5 Å². The molecule has 0 radical (unpaired) electrons. The number of rotatable bonds is 8. The van der Waals surface area contributed by atoms with Crippen LogP contribution in [0.2, 0.25) is 0 Å². The van der Waals surface area contributed by atoms with Gasteiger partial charge in [-0.15, -0.1) is 0 Å². The van der Waals surface area contributed by atoms with E-state index in [1.54, 1.807) is 25.1 Å². The second kappa shape index (κ2) is 8.41. The molecular formula is C17H21N3O5. The van der Waals surface area contributed by atoms with E-state index in [0.29, 0.717) is 18.9 Å². The molecule has 3 N–H and O–H groups in total. The first kappa shape index (κ1) is 18.6. The Morgan fingerprint density at radius 1 is 1.20 bits per heavy atom. The summed E-state index contributed by atoms with van der Waals surface area (Å²) in [7, 11) is 0. The number of hydrogen-bond acceptors (Lipinski definition) is 6. The van der Waals surface area contributed by atoms with Gasteiger partial charge in [0.1, 0.15) is 18.1 Å². The quantitative estimate of drug-likeness (QED) is 0.578. The summed E-state index contributed by atoms with van der Waals surface area (Å²) in [6.45, 7) is 1.95. The lowest BCUT2D eigenvalue weighted by molar-refractivity contribution is -0.140. The van der Waals surface area contributed by atoms with Crippen molar-refractivity contribution >= 4 is 29.5 Å². The lowest BCUT2D eigenvalue weighted by Crippen LogP contribution is -2.35. The van der Waals surface area contributed by atoms with E-state index < -0.39 is 18.4 Å². The Kier molecular flexibility index (Phi) is 6.26. The Balaban J connectivity index is 2.16. The highest BCUT2D eigenvalue weighted by Gasteiger charge is 2.28. The Hall–Kier alpha value is -2.71. The van der Waals surface area contributed by atoms with Crippen LogP contribution in [-0.4, -0.2) is 70.8 Å². The minimum atomic E-state index is -1.10. The molecule has 8 heteroatoms. The number of hydrogen-bond donors (Lipinski definition) is 3. The maximum absolute atomic E-state index is 12.2. The second-order valence-corrected chi connectivity index (χ2v) is 5.50. The summed E-state index contributed by atoms with van der Waals surface area (Å²) in [6, 6.07) is 7.23. The number of amides is 1. The van der Waals surface area contributed by atoms with Crippen molar-refractivity contribution in [2.24, 2.45) is 4.99 Å². The van der Waals surface area contributed by atoms with E-state index in [1.807, 2.05) is 17.0 Å². The summed E-state index contributed by atoms with van der Waals surface area (Å²) >= 11 is 0. The van der Waals surface area contributed by atoms with Crippen molar-refractivity contribution in [2.75, 3.05) is 37.7 Å². The molecule has 1 heterocycles. The fourth-order valence-electron chi connectivity index (χ4n) is 2.53. The molecule has 2 rings (SSSR count). The number of nitrogens with zero attached hydrogens (tertiary/aromatic N) is 3. The number of aliphatic carboxylic acids is 1. The number of carboxylic acid groups (broad SMARTS) is 1. The molecule has 8 nitrogen and oxygen atoms in total. The molecule has 1 amide bonds. The Bertz CT molecular complexity index is 691. The van der Waals surface area contributed by atoms with Gasteiger partial charge in [-0.3, -0.25) is 14.5 Å². The van der Waals surface area contributed by atoms with Crippen LogP contribution in [-0.2, 0) is 9.59 Å². The zero-order chi connectivity index (χ0) is 18.4. The molecule has 0 saturated carbocycles. The van der Waals surface area contributed by atoms with Crippen molar-refractivity contribution in [1.29, 1.82) is 0 Å². The molecule has 0 unspecified atom stereocenters. The molecular weight excluding hydrogens is 326 g/mol. The molecule has 1 aromatic carbocycles. The molecule has 0 aromatic heterocycles. The topological polar surface area (TPSA) is 114 Å². The van der Waals surface area contributed by atoms with E-state index in [-0.39, 0.29) is 18.9 Å². The molecule has 0 bridgehead atoms. The van der Waals surface area contributed by atoms with Gasteiger partial charge in [-0.05, 0) is 30.7 Å². The summed E-state index contributed by atoms with van der Waals surface area (Å²) in [6.07, 6.45) is 1.60. The Morgan fingerprint density at radius 2 is 1.80 bits per heavy atom. The number of amidine groups is 1. The molecule has 0 saturated heterocycles. The zero-order valence-electron chi connectivity index (χ0n) is 13.9. The number of aliphatic imine (C=N–C) groups is 1. The summed E-state index contributed by atoms with van der Waals surface area (Å²) in [5.41, 5.74) is 1.78. The number of aliphatic hydroxyl groups excluding tert-OH is 2. The Labute approximate surface area is 145 Å². The van der Waals surface area contributed by atoms with E-state index in [9.17, 15) is 9.59 Å². The molecule has 25 heavy (non-hydrogen) atoms. The molecule has 1 aromatic rings. The smallest absolute Gasteiger partial charge is 0.323 e. The van der Waals surface area contributed by atoms with Crippen molar-refractivity contribution in [1.82, 2.24) is 4.90 Å². The van der Waals surface area contributed by atoms with Crippen LogP contribution >= 0.6 is 0 Å². The predicted molar refractivity (Wildman–Crippen MR) is 93.3 cm³/mol. The minimum Gasteiger partial charge on any atom is -0.480 e. The van der Waals surface area contributed by atoms with Gasteiger partial charge in [-0.2, -0.15) is 0 Å². The summed E-state index contributed by atoms with van der Waals surface area (Å²) in [5.74, 6) is -1.18. The van der Waals surface area contributed by atoms with Gasteiger partial charge in [-0.1, -0.05) is 12.1 Å². The maximum Gasteiger partial charge on any atom is 0.323 e. The minimum absolute atomic E-state index is 0.0201. The third-order valence-corrected chi connectivity index (χ3v) is 3.73. The highest BCUT2D eigenvalue weighted by molar-refractivity contribution is 6.14. The van der Waals surface area contributed by atoms with Crippen molar-refractivity contribution < 1.29 is 24.9 Å². The third kappa shape index (κ3) is 4.65. The molecule has 134 valence electrons. The fourth-order valence-corrected chi connectivity index (χ4v) is 2.53. The van der Waals surface area contributed by atoms with Gasteiger partial charge in [-0.25, -0.2) is 4.99 Å². The van der Waals surface area contributed by atoms with Crippen LogP contribution in [0.3, 0.4) is 0 Å². The number of aliphatic hydroxyl groups is 2. The van der Waals surface area contributed by atoms with E-state index in [0.717, 1.165) is 16.2 Å². The first-order valence-corrected chi connectivity index (χ1v) is 7.83. The Morgan fingerprint density at radius 3 is 2.32 bits per heavy atom. The highest BCUT2D eigenvalue weighted by Crippen LogP contribution is 2.20. The lowest BCUT2D eigenvalue weighted by atomic mass is 10.1. The number of carbonyl (C=O) groups is 2. The summed E-state index contributed by atoms with van der Waals surface area (Å²) < 4.78 is 0. The molecule has 1 aliphatic heterocycles. The van der Waals surface area contributed by atoms with Crippen molar-refractivity contribution in [2.45, 2.75) is 6.92 Å². The van der Waals surface area contributed by atoms with Gasteiger partial charge in [0, 0.05) is 18.8 Å². The van der Waals surface area contributed by atoms with Gasteiger partial charge in [0.05, 0.1) is 13.2 Å². The molecule has 1 aliphatic rings. The van der Waals surface area contributed by atoms with Crippen LogP contribution in [0.15, 0.2) is 35.0 Å². The largest absolute Gasteiger partial charge is 0.480 e. The highest BCUT2D eigenvalue weighted by atomic mass is 16.4. The van der Waals surface area contributed by atoms with Crippen LogP contribution < -0.4 is 4.90 Å². The monoisotopic (exact) mass is 347 g/mol. The number of anilines is 1. The van der Waals surface area contributed by atoms with E-state index in [1.165, 1.54) is 0 Å². The second-order valence-electron chi connectivity index (χ2n) is 5.50. The predicted octanol–water partition coefficient (Wildman–Crippen LogP) is 0.164. The van der Waals surface area contributed by atoms with Gasteiger partial charge < -0.3 is 20.2 Å². The molecule has 0 atom stereocenters. The molecule has 0 fully saturated rings. The third-order valence-electron chi connectivity index (χ3n) is 3.73. The molecule has 0 spiro atoms. The zero-order valence-corrected chi connectivity index (χ0v) is 13.9. The van der Waals surface area contributed by atoms with Gasteiger partial charge in [0.2, 0.25) is 0 Å². The van der Waals surface area contributed by atoms with Crippen LogP contribution in [0.4, 0.5) is 5.69 Å². The summed E-state index contributed by atoms with van der Waals surface area (Å²) in [5, 5.41) is 27.0. The van der Waals surface area contributed by atoms with E-state index in [4.69, 9.17) is 15.3 Å². The number of carboxylic acids is 1. The first-order valence-electron chi connectivity index (χ1n) is 7.83. The average Bonchev–Trinajstić information content (AvgIpc) is 2.82. The SMILES string of the molecule is CC1=N/C(=C/c2ccc(N(CCO)CCO)cc2)C(=O)N1CC(=O)O. The van der Waals surface area contributed by atoms with Crippen LogP contribution in [0.1, 0.15) is 12.5 Å². The van der Waals surface area contributed by atoms with Gasteiger partial charge in [0.15, 0.2) is 0 Å². The number of carbonyl (C=O) groups excluding carboxylic acids is 1. The van der Waals surface area contributed by atoms with Crippen LogP contribution in [0, 0.1) is 0 Å².